The minimum Gasteiger partial charge on any atom is -0.369 e. The maximum atomic E-state index is 11.1. The largest absolute Gasteiger partial charge is 0.369 e. The highest BCUT2D eigenvalue weighted by atomic mass is 35.5. The molecule has 1 heterocycles. The van der Waals surface area contributed by atoms with Crippen molar-refractivity contribution in [3.63, 3.8) is 0 Å². The number of nitrogens with one attached hydrogen (secondary N) is 1. The molecule has 1 aliphatic rings. The van der Waals surface area contributed by atoms with Crippen molar-refractivity contribution in [2.45, 2.75) is 25.8 Å². The van der Waals surface area contributed by atoms with Crippen molar-refractivity contribution in [2.75, 3.05) is 26.2 Å². The first-order valence-electron chi connectivity index (χ1n) is 7.73. The topological polar surface area (TPSA) is 58.4 Å². The zero-order valence-corrected chi connectivity index (χ0v) is 14.2. The summed E-state index contributed by atoms with van der Waals surface area (Å²) in [5, 5.41) is 4.62. The summed E-state index contributed by atoms with van der Waals surface area (Å²) in [5.41, 5.74) is 6.37. The molecule has 1 aromatic rings. The summed E-state index contributed by atoms with van der Waals surface area (Å²) in [4.78, 5) is 13.5. The Morgan fingerprint density at radius 3 is 2.73 bits per heavy atom. The summed E-state index contributed by atoms with van der Waals surface area (Å²) >= 11 is 12.1. The molecule has 1 fully saturated rings. The van der Waals surface area contributed by atoms with Gasteiger partial charge in [-0.15, -0.1) is 0 Å². The van der Waals surface area contributed by atoms with Crippen LogP contribution in [0.15, 0.2) is 18.2 Å². The number of piperidine rings is 1. The monoisotopic (exact) mass is 343 g/mol. The van der Waals surface area contributed by atoms with E-state index in [0.29, 0.717) is 10.0 Å². The number of amides is 1. The van der Waals surface area contributed by atoms with E-state index >= 15 is 0 Å². The van der Waals surface area contributed by atoms with Crippen LogP contribution in [-0.2, 0) is 11.3 Å². The van der Waals surface area contributed by atoms with Crippen molar-refractivity contribution >= 4 is 29.1 Å². The smallest absolute Gasteiger partial charge is 0.220 e. The van der Waals surface area contributed by atoms with Crippen LogP contribution in [-0.4, -0.2) is 37.0 Å². The first kappa shape index (κ1) is 17.5. The van der Waals surface area contributed by atoms with E-state index < -0.39 is 0 Å². The standard InChI is InChI=1S/C16H23Cl2N3O/c17-14-4-1-3-13(15(14)18)11-20-7-2-8-21-9-5-12(6-10-21)16(19)22/h1,3-4,12,20H,2,5-11H2,(H2,19,22). The molecule has 0 radical (unpaired) electrons. The van der Waals surface area contributed by atoms with Gasteiger partial charge in [0.2, 0.25) is 5.91 Å². The van der Waals surface area contributed by atoms with Gasteiger partial charge in [0.1, 0.15) is 0 Å². The van der Waals surface area contributed by atoms with Crippen molar-refractivity contribution < 1.29 is 4.79 Å². The molecule has 4 nitrogen and oxygen atoms in total. The molecule has 0 aromatic heterocycles. The number of nitrogens with two attached hydrogens (primary N) is 1. The van der Waals surface area contributed by atoms with Crippen LogP contribution in [0, 0.1) is 5.92 Å². The Labute approximate surface area is 141 Å². The number of hydrogen-bond acceptors (Lipinski definition) is 3. The summed E-state index contributed by atoms with van der Waals surface area (Å²) in [5.74, 6) is -0.0842. The van der Waals surface area contributed by atoms with Crippen LogP contribution in [0.1, 0.15) is 24.8 Å². The van der Waals surface area contributed by atoms with E-state index in [9.17, 15) is 4.79 Å². The average molecular weight is 344 g/mol. The van der Waals surface area contributed by atoms with E-state index in [1.807, 2.05) is 12.1 Å². The summed E-state index contributed by atoms with van der Waals surface area (Å²) in [7, 11) is 0. The van der Waals surface area contributed by atoms with Gasteiger partial charge in [0, 0.05) is 12.5 Å². The number of likely N-dealkylation sites (tertiary alicyclic amines) is 1. The normalized spacial score (nSPS) is 16.8. The lowest BCUT2D eigenvalue weighted by Gasteiger charge is -2.30. The highest BCUT2D eigenvalue weighted by molar-refractivity contribution is 6.42. The Kier molecular flexibility index (Phi) is 6.96. The number of hydrogen-bond donors (Lipinski definition) is 2. The Balaban J connectivity index is 1.60. The molecule has 0 saturated carbocycles. The molecule has 6 heteroatoms. The first-order valence-corrected chi connectivity index (χ1v) is 8.49. The lowest BCUT2D eigenvalue weighted by atomic mass is 9.96. The number of primary amides is 1. The summed E-state index contributed by atoms with van der Waals surface area (Å²) < 4.78 is 0. The predicted molar refractivity (Wildman–Crippen MR) is 91.1 cm³/mol. The number of rotatable bonds is 7. The van der Waals surface area contributed by atoms with E-state index in [0.717, 1.165) is 57.5 Å². The molecule has 22 heavy (non-hydrogen) atoms. The van der Waals surface area contributed by atoms with Gasteiger partial charge in [-0.05, 0) is 57.1 Å². The molecular formula is C16H23Cl2N3O. The van der Waals surface area contributed by atoms with Crippen molar-refractivity contribution in [1.82, 2.24) is 10.2 Å². The Hall–Kier alpha value is -0.810. The minimum atomic E-state index is -0.153. The lowest BCUT2D eigenvalue weighted by Crippen LogP contribution is -2.39. The van der Waals surface area contributed by atoms with E-state index in [1.54, 1.807) is 6.07 Å². The number of carbonyl (C=O) groups is 1. The van der Waals surface area contributed by atoms with Crippen LogP contribution in [0.2, 0.25) is 10.0 Å². The van der Waals surface area contributed by atoms with Crippen molar-refractivity contribution in [3.8, 4) is 0 Å². The SMILES string of the molecule is NC(=O)C1CCN(CCCNCc2cccc(Cl)c2Cl)CC1. The highest BCUT2D eigenvalue weighted by Crippen LogP contribution is 2.25. The fourth-order valence-electron chi connectivity index (χ4n) is 2.78. The third-order valence-electron chi connectivity index (χ3n) is 4.16. The van der Waals surface area contributed by atoms with Gasteiger partial charge in [-0.1, -0.05) is 35.3 Å². The van der Waals surface area contributed by atoms with E-state index in [2.05, 4.69) is 10.2 Å². The van der Waals surface area contributed by atoms with Crippen LogP contribution >= 0.6 is 23.2 Å². The van der Waals surface area contributed by atoms with Gasteiger partial charge >= 0.3 is 0 Å². The van der Waals surface area contributed by atoms with Crippen LogP contribution in [0.4, 0.5) is 0 Å². The van der Waals surface area contributed by atoms with Gasteiger partial charge < -0.3 is 16.0 Å². The van der Waals surface area contributed by atoms with Gasteiger partial charge in [0.15, 0.2) is 0 Å². The van der Waals surface area contributed by atoms with Crippen LogP contribution < -0.4 is 11.1 Å². The van der Waals surface area contributed by atoms with E-state index in [1.165, 1.54) is 0 Å². The quantitative estimate of drug-likeness (QED) is 0.748. The third-order valence-corrected chi connectivity index (χ3v) is 5.02. The van der Waals surface area contributed by atoms with E-state index in [-0.39, 0.29) is 11.8 Å². The van der Waals surface area contributed by atoms with Gasteiger partial charge in [-0.2, -0.15) is 0 Å². The molecule has 1 aliphatic heterocycles. The maximum absolute atomic E-state index is 11.1. The van der Waals surface area contributed by atoms with Gasteiger partial charge in [-0.25, -0.2) is 0 Å². The second kappa shape index (κ2) is 8.73. The number of benzene rings is 1. The number of halogens is 2. The molecule has 1 saturated heterocycles. The minimum absolute atomic E-state index is 0.0688. The van der Waals surface area contributed by atoms with Crippen LogP contribution in [0.25, 0.3) is 0 Å². The average Bonchev–Trinajstić information content (AvgIpc) is 2.51. The fraction of sp³-hybridized carbons (Fsp3) is 0.562. The van der Waals surface area contributed by atoms with Crippen molar-refractivity contribution in [3.05, 3.63) is 33.8 Å². The second-order valence-electron chi connectivity index (χ2n) is 5.76. The molecule has 1 aromatic carbocycles. The Morgan fingerprint density at radius 2 is 2.05 bits per heavy atom. The summed E-state index contributed by atoms with van der Waals surface area (Å²) in [6.45, 7) is 4.63. The maximum Gasteiger partial charge on any atom is 0.220 e. The highest BCUT2D eigenvalue weighted by Gasteiger charge is 2.22. The van der Waals surface area contributed by atoms with Crippen LogP contribution in [0.3, 0.4) is 0 Å². The van der Waals surface area contributed by atoms with Gasteiger partial charge in [-0.3, -0.25) is 4.79 Å². The van der Waals surface area contributed by atoms with Gasteiger partial charge in [0.25, 0.3) is 0 Å². The predicted octanol–water partition coefficient (Wildman–Crippen LogP) is 2.67. The molecule has 3 N–H and O–H groups in total. The van der Waals surface area contributed by atoms with Gasteiger partial charge in [0.05, 0.1) is 10.0 Å². The molecular weight excluding hydrogens is 321 g/mol. The Bertz CT molecular complexity index is 502. The zero-order chi connectivity index (χ0) is 15.9. The molecule has 0 atom stereocenters. The third kappa shape index (κ3) is 5.13. The zero-order valence-electron chi connectivity index (χ0n) is 12.7. The van der Waals surface area contributed by atoms with Crippen molar-refractivity contribution in [2.24, 2.45) is 11.7 Å². The number of nitrogens with zero attached hydrogens (tertiary/aromatic N) is 1. The molecule has 0 bridgehead atoms. The summed E-state index contributed by atoms with van der Waals surface area (Å²) in [6.07, 6.45) is 2.85. The fourth-order valence-corrected chi connectivity index (χ4v) is 3.16. The van der Waals surface area contributed by atoms with Crippen LogP contribution in [0.5, 0.6) is 0 Å². The molecule has 2 rings (SSSR count). The summed E-state index contributed by atoms with van der Waals surface area (Å²) in [6, 6.07) is 5.69. The first-order chi connectivity index (χ1) is 10.6. The number of carbonyl (C=O) groups excluding carboxylic acids is 1. The van der Waals surface area contributed by atoms with Crippen molar-refractivity contribution in [1.29, 1.82) is 0 Å². The van der Waals surface area contributed by atoms with E-state index in [4.69, 9.17) is 28.9 Å². The second-order valence-corrected chi connectivity index (χ2v) is 6.55. The Morgan fingerprint density at radius 1 is 1.32 bits per heavy atom. The molecule has 1 amide bonds. The lowest BCUT2D eigenvalue weighted by molar-refractivity contribution is -0.123. The molecule has 122 valence electrons. The molecule has 0 aliphatic carbocycles. The molecule has 0 spiro atoms. The molecule has 0 unspecified atom stereocenters.